The first-order valence-electron chi connectivity index (χ1n) is 5.51. The average molecular weight is 268 g/mol. The highest BCUT2D eigenvalue weighted by molar-refractivity contribution is 7.12. The summed E-state index contributed by atoms with van der Waals surface area (Å²) in [6.45, 7) is 4.58. The highest BCUT2D eigenvalue weighted by Gasteiger charge is 2.08. The number of halogens is 2. The third-order valence-electron chi connectivity index (χ3n) is 2.76. The van der Waals surface area contributed by atoms with Crippen molar-refractivity contribution in [1.29, 1.82) is 0 Å². The summed E-state index contributed by atoms with van der Waals surface area (Å²) in [5.74, 6) is -1.38. The Morgan fingerprint density at radius 2 is 1.94 bits per heavy atom. The molecule has 0 saturated heterocycles. The van der Waals surface area contributed by atoms with Crippen molar-refractivity contribution < 1.29 is 8.78 Å². The molecule has 0 aliphatic heterocycles. The number of anilines is 2. The first kappa shape index (κ1) is 12.8. The lowest BCUT2D eigenvalue weighted by molar-refractivity contribution is 0.587. The first-order chi connectivity index (χ1) is 8.47. The molecule has 1 aromatic heterocycles. The van der Waals surface area contributed by atoms with Crippen molar-refractivity contribution in [1.82, 2.24) is 0 Å². The third kappa shape index (κ3) is 2.61. The van der Waals surface area contributed by atoms with E-state index in [0.29, 0.717) is 6.54 Å². The molecule has 2 nitrogen and oxygen atoms in total. The van der Waals surface area contributed by atoms with Crippen LogP contribution < -0.4 is 11.1 Å². The molecule has 0 spiro atoms. The van der Waals surface area contributed by atoms with E-state index >= 15 is 0 Å². The fourth-order valence-electron chi connectivity index (χ4n) is 1.65. The molecule has 2 aromatic rings. The predicted molar refractivity (Wildman–Crippen MR) is 71.9 cm³/mol. The maximum absolute atomic E-state index is 13.2. The van der Waals surface area contributed by atoms with Crippen LogP contribution in [0.4, 0.5) is 20.2 Å². The molecule has 1 heterocycles. The van der Waals surface area contributed by atoms with E-state index in [0.717, 1.165) is 10.9 Å². The monoisotopic (exact) mass is 268 g/mol. The number of nitrogens with two attached hydrogens (primary N) is 1. The summed E-state index contributed by atoms with van der Waals surface area (Å²) in [6.07, 6.45) is 0. The summed E-state index contributed by atoms with van der Waals surface area (Å²) in [4.78, 5) is 2.35. The zero-order chi connectivity index (χ0) is 13.3. The number of benzene rings is 1. The van der Waals surface area contributed by atoms with Gasteiger partial charge in [0.1, 0.15) is 5.82 Å². The van der Waals surface area contributed by atoms with Crippen LogP contribution in [0.1, 0.15) is 15.3 Å². The van der Waals surface area contributed by atoms with Crippen LogP contribution in [0.2, 0.25) is 0 Å². The van der Waals surface area contributed by atoms with E-state index in [2.05, 4.69) is 11.4 Å². The Hall–Kier alpha value is -1.62. The van der Waals surface area contributed by atoms with E-state index in [1.165, 1.54) is 16.5 Å². The summed E-state index contributed by atoms with van der Waals surface area (Å²) >= 11 is 1.66. The fraction of sp³-hybridized carbons (Fsp3) is 0.231. The van der Waals surface area contributed by atoms with Crippen LogP contribution in [-0.4, -0.2) is 0 Å². The number of hydrogen-bond donors (Lipinski definition) is 2. The highest BCUT2D eigenvalue weighted by Crippen LogP contribution is 2.26. The molecule has 2 rings (SSSR count). The molecular formula is C13H14F2N2S. The second kappa shape index (κ2) is 4.94. The van der Waals surface area contributed by atoms with Crippen molar-refractivity contribution in [2.75, 3.05) is 11.1 Å². The molecule has 3 N–H and O–H groups in total. The van der Waals surface area contributed by atoms with Crippen molar-refractivity contribution >= 4 is 22.7 Å². The van der Waals surface area contributed by atoms with Crippen LogP contribution >= 0.6 is 11.3 Å². The maximum Gasteiger partial charge on any atom is 0.151 e. The number of nitrogen functional groups attached to an aromatic ring is 1. The minimum absolute atomic E-state index is 0.0543. The molecule has 0 bridgehead atoms. The fourth-order valence-corrected chi connectivity index (χ4v) is 2.64. The van der Waals surface area contributed by atoms with E-state index in [-0.39, 0.29) is 11.4 Å². The molecule has 0 aliphatic carbocycles. The molecule has 0 saturated carbocycles. The second-order valence-corrected chi connectivity index (χ2v) is 5.50. The topological polar surface area (TPSA) is 38.0 Å². The van der Waals surface area contributed by atoms with Crippen molar-refractivity contribution in [3.05, 3.63) is 45.2 Å². The Bertz CT molecular complexity index is 559. The average Bonchev–Trinajstić information content (AvgIpc) is 2.61. The highest BCUT2D eigenvalue weighted by atomic mass is 32.1. The summed E-state index contributed by atoms with van der Waals surface area (Å²) in [7, 11) is 0. The Morgan fingerprint density at radius 3 is 2.56 bits per heavy atom. The van der Waals surface area contributed by atoms with Gasteiger partial charge in [0.05, 0.1) is 11.4 Å². The Labute approximate surface area is 108 Å². The van der Waals surface area contributed by atoms with Crippen LogP contribution in [0, 0.1) is 25.5 Å². The molecule has 0 atom stereocenters. The lowest BCUT2D eigenvalue weighted by Gasteiger charge is -2.09. The van der Waals surface area contributed by atoms with Crippen molar-refractivity contribution in [3.63, 3.8) is 0 Å². The lowest BCUT2D eigenvalue weighted by Crippen LogP contribution is -2.03. The van der Waals surface area contributed by atoms with Gasteiger partial charge in [-0.3, -0.25) is 0 Å². The number of aryl methyl sites for hydroxylation is 2. The third-order valence-corrected chi connectivity index (χ3v) is 3.92. The van der Waals surface area contributed by atoms with E-state index in [9.17, 15) is 8.78 Å². The van der Waals surface area contributed by atoms with Crippen LogP contribution in [0.15, 0.2) is 18.2 Å². The number of hydrogen-bond acceptors (Lipinski definition) is 3. The van der Waals surface area contributed by atoms with E-state index in [4.69, 9.17) is 5.73 Å². The van der Waals surface area contributed by atoms with Gasteiger partial charge in [0, 0.05) is 22.4 Å². The van der Waals surface area contributed by atoms with Gasteiger partial charge in [-0.15, -0.1) is 11.3 Å². The van der Waals surface area contributed by atoms with Gasteiger partial charge in [-0.2, -0.15) is 0 Å². The van der Waals surface area contributed by atoms with Gasteiger partial charge in [0.15, 0.2) is 5.82 Å². The van der Waals surface area contributed by atoms with Gasteiger partial charge in [0.2, 0.25) is 0 Å². The minimum Gasteiger partial charge on any atom is -0.395 e. The standard InChI is InChI=1S/C13H14F2N2S/c1-7-3-10(18-8(7)2)6-17-12-5-9(14)4-11(15)13(12)16/h3-5,17H,6,16H2,1-2H3. The van der Waals surface area contributed by atoms with Gasteiger partial charge in [-0.25, -0.2) is 8.78 Å². The van der Waals surface area contributed by atoms with Gasteiger partial charge in [-0.1, -0.05) is 0 Å². The zero-order valence-corrected chi connectivity index (χ0v) is 11.0. The lowest BCUT2D eigenvalue weighted by atomic mass is 10.2. The predicted octanol–water partition coefficient (Wildman–Crippen LogP) is 3.84. The molecule has 0 amide bonds. The summed E-state index contributed by atoms with van der Waals surface area (Å²) in [5, 5.41) is 2.96. The minimum atomic E-state index is -0.740. The first-order valence-corrected chi connectivity index (χ1v) is 6.33. The van der Waals surface area contributed by atoms with Crippen LogP contribution in [-0.2, 0) is 6.54 Å². The Kier molecular flexibility index (Phi) is 3.52. The quantitative estimate of drug-likeness (QED) is 0.830. The Balaban J connectivity index is 2.15. The summed E-state index contributed by atoms with van der Waals surface area (Å²) in [5.41, 5.74) is 7.00. The van der Waals surface area contributed by atoms with E-state index in [1.807, 2.05) is 13.8 Å². The molecule has 96 valence electrons. The van der Waals surface area contributed by atoms with Gasteiger partial charge in [0.25, 0.3) is 0 Å². The van der Waals surface area contributed by atoms with E-state index < -0.39 is 11.6 Å². The van der Waals surface area contributed by atoms with Crippen LogP contribution in [0.25, 0.3) is 0 Å². The molecular weight excluding hydrogens is 254 g/mol. The molecule has 0 fully saturated rings. The van der Waals surface area contributed by atoms with E-state index in [1.54, 1.807) is 11.3 Å². The van der Waals surface area contributed by atoms with Gasteiger partial charge in [-0.05, 0) is 31.5 Å². The molecule has 5 heteroatoms. The number of nitrogens with one attached hydrogen (secondary N) is 1. The van der Waals surface area contributed by atoms with Crippen molar-refractivity contribution in [2.24, 2.45) is 0 Å². The van der Waals surface area contributed by atoms with Gasteiger partial charge < -0.3 is 11.1 Å². The summed E-state index contributed by atoms with van der Waals surface area (Å²) < 4.78 is 26.3. The molecule has 1 aromatic carbocycles. The number of thiophene rings is 1. The molecule has 0 radical (unpaired) electrons. The summed E-state index contributed by atoms with van der Waals surface area (Å²) in [6, 6.07) is 4.03. The van der Waals surface area contributed by atoms with Crippen molar-refractivity contribution in [3.8, 4) is 0 Å². The second-order valence-electron chi connectivity index (χ2n) is 4.15. The Morgan fingerprint density at radius 1 is 1.22 bits per heavy atom. The maximum atomic E-state index is 13.2. The van der Waals surface area contributed by atoms with Crippen LogP contribution in [0.5, 0.6) is 0 Å². The number of rotatable bonds is 3. The smallest absolute Gasteiger partial charge is 0.151 e. The van der Waals surface area contributed by atoms with Crippen LogP contribution in [0.3, 0.4) is 0 Å². The normalized spacial score (nSPS) is 10.7. The molecule has 18 heavy (non-hydrogen) atoms. The van der Waals surface area contributed by atoms with Gasteiger partial charge >= 0.3 is 0 Å². The van der Waals surface area contributed by atoms with Crippen molar-refractivity contribution in [2.45, 2.75) is 20.4 Å². The SMILES string of the molecule is Cc1cc(CNc2cc(F)cc(F)c2N)sc1C. The molecule has 0 aliphatic rings. The largest absolute Gasteiger partial charge is 0.395 e. The zero-order valence-electron chi connectivity index (χ0n) is 10.2. The molecule has 0 unspecified atom stereocenters.